The molecule has 1 saturated heterocycles. The van der Waals surface area contributed by atoms with Crippen molar-refractivity contribution in [3.8, 4) is 5.75 Å². The maximum absolute atomic E-state index is 11.8. The molecule has 5 nitrogen and oxygen atoms in total. The third-order valence-electron chi connectivity index (χ3n) is 3.87. The number of aliphatic hydroxyl groups is 1. The number of carbonyl (C=O) groups excluding carboxylic acids is 1. The summed E-state index contributed by atoms with van der Waals surface area (Å²) < 4.78 is 0. The van der Waals surface area contributed by atoms with Gasteiger partial charge in [-0.3, -0.25) is 4.79 Å². The molecule has 1 heterocycles. The van der Waals surface area contributed by atoms with Crippen molar-refractivity contribution in [1.29, 1.82) is 0 Å². The number of nitrogens with zero attached hydrogens (tertiary/aromatic N) is 1. The quantitative estimate of drug-likeness (QED) is 0.681. The maximum atomic E-state index is 11.8. The number of likely N-dealkylation sites (tertiary alicyclic amines) is 1. The molecule has 1 aliphatic heterocycles. The van der Waals surface area contributed by atoms with Gasteiger partial charge < -0.3 is 20.4 Å². The highest BCUT2D eigenvalue weighted by molar-refractivity contribution is 5.79. The number of rotatable bonds is 6. The first-order chi connectivity index (χ1) is 10.1. The fourth-order valence-corrected chi connectivity index (χ4v) is 2.57. The Morgan fingerprint density at radius 1 is 1.29 bits per heavy atom. The number of carbonyl (C=O) groups is 1. The summed E-state index contributed by atoms with van der Waals surface area (Å²) >= 11 is 0. The summed E-state index contributed by atoms with van der Waals surface area (Å²) in [5.41, 5.74) is 0.653. The van der Waals surface area contributed by atoms with Gasteiger partial charge >= 0.3 is 0 Å². The summed E-state index contributed by atoms with van der Waals surface area (Å²) in [6.45, 7) is 3.47. The van der Waals surface area contributed by atoms with Gasteiger partial charge in [-0.05, 0) is 31.9 Å². The zero-order chi connectivity index (χ0) is 15.1. The summed E-state index contributed by atoms with van der Waals surface area (Å²) in [5.74, 6) is 0.102. The Bertz CT molecular complexity index is 457. The van der Waals surface area contributed by atoms with Gasteiger partial charge in [0.1, 0.15) is 5.75 Å². The van der Waals surface area contributed by atoms with Gasteiger partial charge in [0.05, 0.1) is 12.5 Å². The van der Waals surface area contributed by atoms with E-state index in [0.717, 1.165) is 38.9 Å². The lowest BCUT2D eigenvalue weighted by Gasteiger charge is -2.29. The van der Waals surface area contributed by atoms with E-state index in [-0.39, 0.29) is 24.2 Å². The Morgan fingerprint density at radius 2 is 2.00 bits per heavy atom. The minimum atomic E-state index is -0.139. The van der Waals surface area contributed by atoms with E-state index in [1.54, 1.807) is 18.2 Å². The second-order valence-corrected chi connectivity index (χ2v) is 5.58. The molecule has 0 aliphatic carbocycles. The summed E-state index contributed by atoms with van der Waals surface area (Å²) in [6, 6.07) is 6.90. The SMILES string of the molecule is O=C(Cc1ccccc1O)NCCCN1CCC(O)CC1. The van der Waals surface area contributed by atoms with Crippen molar-refractivity contribution >= 4 is 5.91 Å². The molecule has 116 valence electrons. The molecule has 0 unspecified atom stereocenters. The molecule has 0 aromatic heterocycles. The number of phenols is 1. The van der Waals surface area contributed by atoms with E-state index in [4.69, 9.17) is 0 Å². The molecule has 1 aromatic carbocycles. The number of aromatic hydroxyl groups is 1. The van der Waals surface area contributed by atoms with E-state index >= 15 is 0 Å². The largest absolute Gasteiger partial charge is 0.508 e. The molecular formula is C16H24N2O3. The molecule has 21 heavy (non-hydrogen) atoms. The Balaban J connectivity index is 1.60. The van der Waals surface area contributed by atoms with Crippen molar-refractivity contribution < 1.29 is 15.0 Å². The lowest BCUT2D eigenvalue weighted by Crippen LogP contribution is -2.37. The predicted molar refractivity (Wildman–Crippen MR) is 81.1 cm³/mol. The first-order valence-electron chi connectivity index (χ1n) is 7.59. The first kappa shape index (κ1) is 15.8. The fourth-order valence-electron chi connectivity index (χ4n) is 2.57. The van der Waals surface area contributed by atoms with E-state index in [1.807, 2.05) is 6.07 Å². The smallest absolute Gasteiger partial charge is 0.224 e. The molecule has 0 spiro atoms. The second kappa shape index (κ2) is 8.00. The van der Waals surface area contributed by atoms with E-state index in [0.29, 0.717) is 12.1 Å². The summed E-state index contributed by atoms with van der Waals surface area (Å²) in [7, 11) is 0. The molecule has 1 aromatic rings. The van der Waals surface area contributed by atoms with Crippen LogP contribution in [0.1, 0.15) is 24.8 Å². The van der Waals surface area contributed by atoms with Gasteiger partial charge in [0, 0.05) is 25.2 Å². The van der Waals surface area contributed by atoms with Crippen LogP contribution in [0, 0.1) is 0 Å². The molecule has 2 rings (SSSR count). The molecule has 0 radical (unpaired) electrons. The van der Waals surface area contributed by atoms with Gasteiger partial charge in [0.25, 0.3) is 0 Å². The lowest BCUT2D eigenvalue weighted by molar-refractivity contribution is -0.120. The standard InChI is InChI=1S/C16H24N2O3/c19-14-6-10-18(11-7-14)9-3-8-17-16(21)12-13-4-1-2-5-15(13)20/h1-2,4-5,14,19-20H,3,6-12H2,(H,17,21). The zero-order valence-corrected chi connectivity index (χ0v) is 12.3. The molecule has 3 N–H and O–H groups in total. The van der Waals surface area contributed by atoms with Crippen LogP contribution < -0.4 is 5.32 Å². The molecular weight excluding hydrogens is 268 g/mol. The second-order valence-electron chi connectivity index (χ2n) is 5.58. The third-order valence-corrected chi connectivity index (χ3v) is 3.87. The van der Waals surface area contributed by atoms with Crippen LogP contribution in [0.2, 0.25) is 0 Å². The lowest BCUT2D eigenvalue weighted by atomic mass is 10.1. The summed E-state index contributed by atoms with van der Waals surface area (Å²) in [6.07, 6.45) is 2.67. The highest BCUT2D eigenvalue weighted by atomic mass is 16.3. The van der Waals surface area contributed by atoms with Crippen LogP contribution >= 0.6 is 0 Å². The summed E-state index contributed by atoms with van der Waals surface area (Å²) in [4.78, 5) is 14.1. The van der Waals surface area contributed by atoms with Crippen LogP contribution in [0.3, 0.4) is 0 Å². The highest BCUT2D eigenvalue weighted by Crippen LogP contribution is 2.15. The van der Waals surface area contributed by atoms with Gasteiger partial charge in [-0.25, -0.2) is 0 Å². The molecule has 0 saturated carbocycles. The van der Waals surface area contributed by atoms with E-state index in [9.17, 15) is 15.0 Å². The molecule has 1 amide bonds. The number of para-hydroxylation sites is 1. The Kier molecular flexibility index (Phi) is 6.02. The van der Waals surface area contributed by atoms with Crippen LogP contribution in [0.4, 0.5) is 0 Å². The van der Waals surface area contributed by atoms with Crippen molar-refractivity contribution in [2.24, 2.45) is 0 Å². The molecule has 1 fully saturated rings. The monoisotopic (exact) mass is 292 g/mol. The van der Waals surface area contributed by atoms with Crippen LogP contribution in [-0.4, -0.2) is 53.3 Å². The van der Waals surface area contributed by atoms with Gasteiger partial charge in [-0.2, -0.15) is 0 Å². The topological polar surface area (TPSA) is 72.8 Å². The Morgan fingerprint density at radius 3 is 2.71 bits per heavy atom. The van der Waals surface area contributed by atoms with Gasteiger partial charge in [-0.15, -0.1) is 0 Å². The zero-order valence-electron chi connectivity index (χ0n) is 12.3. The van der Waals surface area contributed by atoms with Crippen molar-refractivity contribution in [3.63, 3.8) is 0 Å². The highest BCUT2D eigenvalue weighted by Gasteiger charge is 2.16. The number of phenolic OH excluding ortho intramolecular Hbond substituents is 1. The third kappa shape index (κ3) is 5.36. The number of hydrogen-bond donors (Lipinski definition) is 3. The average molecular weight is 292 g/mol. The normalized spacial score (nSPS) is 16.8. The van der Waals surface area contributed by atoms with Crippen LogP contribution in [0.25, 0.3) is 0 Å². The number of hydrogen-bond acceptors (Lipinski definition) is 4. The van der Waals surface area contributed by atoms with Crippen LogP contribution in [0.5, 0.6) is 5.75 Å². The molecule has 1 aliphatic rings. The van der Waals surface area contributed by atoms with Gasteiger partial charge in [-0.1, -0.05) is 18.2 Å². The van der Waals surface area contributed by atoms with Crippen LogP contribution in [0.15, 0.2) is 24.3 Å². The minimum Gasteiger partial charge on any atom is -0.508 e. The first-order valence-corrected chi connectivity index (χ1v) is 7.59. The molecule has 0 atom stereocenters. The fraction of sp³-hybridized carbons (Fsp3) is 0.562. The number of benzene rings is 1. The van der Waals surface area contributed by atoms with Crippen molar-refractivity contribution in [3.05, 3.63) is 29.8 Å². The number of piperidine rings is 1. The molecule has 5 heteroatoms. The van der Waals surface area contributed by atoms with E-state index < -0.39 is 0 Å². The Hall–Kier alpha value is -1.59. The van der Waals surface area contributed by atoms with Crippen LogP contribution in [-0.2, 0) is 11.2 Å². The Labute approximate surface area is 125 Å². The van der Waals surface area contributed by atoms with Crippen molar-refractivity contribution in [1.82, 2.24) is 10.2 Å². The number of nitrogens with one attached hydrogen (secondary N) is 1. The average Bonchev–Trinajstić information content (AvgIpc) is 2.48. The maximum Gasteiger partial charge on any atom is 0.224 e. The van der Waals surface area contributed by atoms with Gasteiger partial charge in [0.2, 0.25) is 5.91 Å². The van der Waals surface area contributed by atoms with Crippen molar-refractivity contribution in [2.75, 3.05) is 26.2 Å². The van der Waals surface area contributed by atoms with Crippen molar-refractivity contribution in [2.45, 2.75) is 31.8 Å². The molecule has 0 bridgehead atoms. The summed E-state index contributed by atoms with van der Waals surface area (Å²) in [5, 5.41) is 21.9. The minimum absolute atomic E-state index is 0.0643. The predicted octanol–water partition coefficient (Wildman–Crippen LogP) is 0.898. The van der Waals surface area contributed by atoms with Gasteiger partial charge in [0.15, 0.2) is 0 Å². The van der Waals surface area contributed by atoms with E-state index in [2.05, 4.69) is 10.2 Å². The number of aliphatic hydroxyl groups excluding tert-OH is 1. The van der Waals surface area contributed by atoms with E-state index in [1.165, 1.54) is 0 Å². The number of amides is 1.